The van der Waals surface area contributed by atoms with E-state index in [0.29, 0.717) is 16.9 Å². The summed E-state index contributed by atoms with van der Waals surface area (Å²) in [6.07, 6.45) is 1.31. The Morgan fingerprint density at radius 2 is 1.70 bits per heavy atom. The van der Waals surface area contributed by atoms with E-state index in [1.165, 1.54) is 48.7 Å². The second-order valence-corrected chi connectivity index (χ2v) is 6.56. The lowest BCUT2D eigenvalue weighted by molar-refractivity contribution is 0.310. The molecule has 0 saturated carbocycles. The normalized spacial score (nSPS) is 12.2. The first-order valence-electron chi connectivity index (χ1n) is 7.27. The van der Waals surface area contributed by atoms with Crippen LogP contribution in [0.15, 0.2) is 67.2 Å². The molecule has 0 amide bonds. The van der Waals surface area contributed by atoms with Crippen molar-refractivity contribution in [1.82, 2.24) is 10.3 Å². The molecular weight excluding hydrogens is 376 g/mol. The number of rotatable bonds is 5. The molecule has 0 bridgehead atoms. The van der Waals surface area contributed by atoms with Gasteiger partial charge in [-0.15, -0.1) is 0 Å². The monoisotopic (exact) mass is 388 g/mol. The van der Waals surface area contributed by atoms with Crippen LogP contribution in [0.3, 0.4) is 0 Å². The van der Waals surface area contributed by atoms with Gasteiger partial charge in [-0.1, -0.05) is 0 Å². The van der Waals surface area contributed by atoms with Crippen LogP contribution in [-0.2, 0) is 10.1 Å². The molecule has 0 radical (unpaired) electrons. The third-order valence-electron chi connectivity index (χ3n) is 3.25. The van der Waals surface area contributed by atoms with Crippen molar-refractivity contribution >= 4 is 39.3 Å². The standard InChI is InChI=1S/C15H12N6O5S/c16-14-15(21-26-20-14)17-8-9-7-11(3-6-13(9)22)19-18-10-1-4-12(5-2-10)27(23,24)25/h1-8,22H,(H2,16,20)(H,23,24,25). The van der Waals surface area contributed by atoms with Crippen molar-refractivity contribution in [1.29, 1.82) is 0 Å². The third-order valence-corrected chi connectivity index (χ3v) is 4.12. The van der Waals surface area contributed by atoms with E-state index in [4.69, 9.17) is 10.3 Å². The highest BCUT2D eigenvalue weighted by molar-refractivity contribution is 7.85. The molecule has 0 aliphatic heterocycles. The Balaban J connectivity index is 1.80. The van der Waals surface area contributed by atoms with Gasteiger partial charge in [-0.3, -0.25) is 4.55 Å². The summed E-state index contributed by atoms with van der Waals surface area (Å²) in [6.45, 7) is 0. The smallest absolute Gasteiger partial charge is 0.294 e. The Labute approximate surface area is 152 Å². The van der Waals surface area contributed by atoms with Gasteiger partial charge in [0, 0.05) is 11.8 Å². The van der Waals surface area contributed by atoms with Crippen molar-refractivity contribution in [2.75, 3.05) is 5.73 Å². The average molecular weight is 388 g/mol. The van der Waals surface area contributed by atoms with E-state index in [9.17, 15) is 13.5 Å². The number of aliphatic imine (C=N–C) groups is 1. The molecule has 138 valence electrons. The number of azo groups is 1. The first-order chi connectivity index (χ1) is 12.8. The predicted octanol–water partition coefficient (Wildman–Crippen LogP) is 2.77. The summed E-state index contributed by atoms with van der Waals surface area (Å²) in [7, 11) is -4.26. The fourth-order valence-electron chi connectivity index (χ4n) is 1.92. The van der Waals surface area contributed by atoms with E-state index in [-0.39, 0.29) is 22.3 Å². The zero-order valence-electron chi connectivity index (χ0n) is 13.5. The second kappa shape index (κ2) is 7.31. The van der Waals surface area contributed by atoms with Crippen LogP contribution in [-0.4, -0.2) is 34.6 Å². The number of aromatic hydroxyl groups is 1. The number of anilines is 1. The first-order valence-corrected chi connectivity index (χ1v) is 8.71. The SMILES string of the molecule is Nc1nonc1N=Cc1cc(N=Nc2ccc(S(=O)(=O)O)cc2)ccc1O. The van der Waals surface area contributed by atoms with Crippen molar-refractivity contribution < 1.29 is 22.7 Å². The maximum atomic E-state index is 11.0. The molecular formula is C15H12N6O5S. The Hall–Kier alpha value is -3.64. The van der Waals surface area contributed by atoms with Crippen molar-refractivity contribution in [3.63, 3.8) is 0 Å². The highest BCUT2D eigenvalue weighted by Crippen LogP contribution is 2.25. The average Bonchev–Trinajstić information content (AvgIpc) is 3.04. The molecule has 0 saturated heterocycles. The fraction of sp³-hybridized carbons (Fsp3) is 0. The second-order valence-electron chi connectivity index (χ2n) is 5.14. The Bertz CT molecular complexity index is 1120. The number of phenolic OH excluding ortho intramolecular Hbond substituents is 1. The summed E-state index contributed by atoms with van der Waals surface area (Å²) >= 11 is 0. The zero-order valence-corrected chi connectivity index (χ0v) is 14.3. The number of nitrogens with two attached hydrogens (primary N) is 1. The van der Waals surface area contributed by atoms with Crippen LogP contribution in [0.1, 0.15) is 5.56 Å². The Morgan fingerprint density at radius 1 is 1.04 bits per heavy atom. The van der Waals surface area contributed by atoms with Gasteiger partial charge in [-0.05, 0) is 52.8 Å². The topological polar surface area (TPSA) is 177 Å². The van der Waals surface area contributed by atoms with Gasteiger partial charge in [0.15, 0.2) is 0 Å². The summed E-state index contributed by atoms with van der Waals surface area (Å²) in [6, 6.07) is 9.62. The molecule has 4 N–H and O–H groups in total. The summed E-state index contributed by atoms with van der Waals surface area (Å²) in [5, 5.41) is 24.7. The summed E-state index contributed by atoms with van der Waals surface area (Å²) in [4.78, 5) is 3.71. The molecule has 0 atom stereocenters. The molecule has 1 aromatic heterocycles. The number of nitrogen functional groups attached to an aromatic ring is 1. The van der Waals surface area contributed by atoms with Gasteiger partial charge in [0.2, 0.25) is 11.6 Å². The molecule has 3 aromatic rings. The van der Waals surface area contributed by atoms with E-state index < -0.39 is 10.1 Å². The maximum Gasteiger partial charge on any atom is 0.294 e. The summed E-state index contributed by atoms with van der Waals surface area (Å²) in [5.74, 6) is 0.0282. The van der Waals surface area contributed by atoms with Gasteiger partial charge in [-0.25, -0.2) is 9.62 Å². The van der Waals surface area contributed by atoms with E-state index in [0.717, 1.165) is 0 Å². The molecule has 0 aliphatic rings. The molecule has 12 heteroatoms. The number of hydrogen-bond acceptors (Lipinski definition) is 10. The number of phenols is 1. The van der Waals surface area contributed by atoms with Crippen molar-refractivity contribution in [3.05, 3.63) is 48.0 Å². The van der Waals surface area contributed by atoms with E-state index in [2.05, 4.69) is 30.2 Å². The minimum atomic E-state index is -4.26. The zero-order chi connectivity index (χ0) is 19.4. The van der Waals surface area contributed by atoms with E-state index in [1.54, 1.807) is 0 Å². The fourth-order valence-corrected chi connectivity index (χ4v) is 2.40. The minimum Gasteiger partial charge on any atom is -0.507 e. The van der Waals surface area contributed by atoms with Crippen LogP contribution in [0.5, 0.6) is 5.75 Å². The molecule has 0 unspecified atom stereocenters. The Morgan fingerprint density at radius 3 is 2.33 bits per heavy atom. The van der Waals surface area contributed by atoms with Gasteiger partial charge < -0.3 is 10.8 Å². The highest BCUT2D eigenvalue weighted by Gasteiger charge is 2.08. The number of aromatic nitrogens is 2. The molecule has 11 nitrogen and oxygen atoms in total. The quantitative estimate of drug-likeness (QED) is 0.339. The molecule has 1 heterocycles. The van der Waals surface area contributed by atoms with Crippen molar-refractivity contribution in [3.8, 4) is 5.75 Å². The minimum absolute atomic E-state index is 0.00919. The number of benzene rings is 2. The van der Waals surface area contributed by atoms with Crippen LogP contribution in [0.4, 0.5) is 23.0 Å². The maximum absolute atomic E-state index is 11.0. The largest absolute Gasteiger partial charge is 0.507 e. The van der Waals surface area contributed by atoms with Crippen LogP contribution in [0, 0.1) is 0 Å². The Kier molecular flexibility index (Phi) is 4.92. The molecule has 2 aromatic carbocycles. The van der Waals surface area contributed by atoms with Crippen molar-refractivity contribution in [2.45, 2.75) is 4.90 Å². The molecule has 27 heavy (non-hydrogen) atoms. The number of nitrogens with zero attached hydrogens (tertiary/aromatic N) is 5. The van der Waals surface area contributed by atoms with Crippen LogP contribution in [0.25, 0.3) is 0 Å². The van der Waals surface area contributed by atoms with Gasteiger partial charge >= 0.3 is 0 Å². The van der Waals surface area contributed by atoms with Crippen LogP contribution in [0.2, 0.25) is 0 Å². The third kappa shape index (κ3) is 4.50. The summed E-state index contributed by atoms with van der Waals surface area (Å²) in [5.41, 5.74) is 6.59. The first kappa shape index (κ1) is 18.2. The van der Waals surface area contributed by atoms with Crippen molar-refractivity contribution in [2.24, 2.45) is 15.2 Å². The summed E-state index contributed by atoms with van der Waals surface area (Å²) < 4.78 is 35.4. The van der Waals surface area contributed by atoms with Gasteiger partial charge in [-0.2, -0.15) is 18.6 Å². The van der Waals surface area contributed by atoms with Gasteiger partial charge in [0.1, 0.15) is 5.75 Å². The van der Waals surface area contributed by atoms with E-state index in [1.807, 2.05) is 0 Å². The predicted molar refractivity (Wildman–Crippen MR) is 94.5 cm³/mol. The lowest BCUT2D eigenvalue weighted by Gasteiger charge is -2.00. The molecule has 0 aliphatic carbocycles. The van der Waals surface area contributed by atoms with Crippen LogP contribution < -0.4 is 5.73 Å². The lowest BCUT2D eigenvalue weighted by atomic mass is 10.2. The molecule has 3 rings (SSSR count). The highest BCUT2D eigenvalue weighted by atomic mass is 32.2. The number of hydrogen-bond donors (Lipinski definition) is 3. The van der Waals surface area contributed by atoms with E-state index >= 15 is 0 Å². The molecule has 0 fully saturated rings. The molecule has 0 spiro atoms. The van der Waals surface area contributed by atoms with Gasteiger partial charge in [0.05, 0.1) is 16.3 Å². The van der Waals surface area contributed by atoms with Gasteiger partial charge in [0.25, 0.3) is 10.1 Å². The lowest BCUT2D eigenvalue weighted by Crippen LogP contribution is -1.96. The van der Waals surface area contributed by atoms with Crippen LogP contribution >= 0.6 is 0 Å².